The molecule has 0 spiro atoms. The van der Waals surface area contributed by atoms with E-state index < -0.39 is 0 Å². The van der Waals surface area contributed by atoms with Crippen molar-refractivity contribution in [1.29, 1.82) is 0 Å². The van der Waals surface area contributed by atoms with Crippen LogP contribution in [-0.2, 0) is 10.2 Å². The van der Waals surface area contributed by atoms with Gasteiger partial charge in [-0.1, -0.05) is 64.1 Å². The van der Waals surface area contributed by atoms with Crippen molar-refractivity contribution in [3.8, 4) is 11.1 Å². The van der Waals surface area contributed by atoms with E-state index in [-0.39, 0.29) is 5.41 Å². The average molecular weight is 352 g/mol. The van der Waals surface area contributed by atoms with Crippen molar-refractivity contribution < 1.29 is 4.74 Å². The minimum Gasteiger partial charge on any atom is -0.380 e. The summed E-state index contributed by atoms with van der Waals surface area (Å²) in [5.41, 5.74) is 8.26. The molecule has 0 saturated carbocycles. The number of nitrogens with one attached hydrogen (secondary N) is 1. The second-order valence-electron chi connectivity index (χ2n) is 8.17. The first-order valence-electron chi connectivity index (χ1n) is 9.96. The second-order valence-corrected chi connectivity index (χ2v) is 8.17. The second kappa shape index (κ2) is 7.54. The maximum atomic E-state index is 6.05. The third-order valence-electron chi connectivity index (χ3n) is 5.77. The van der Waals surface area contributed by atoms with E-state index in [0.717, 1.165) is 13.2 Å². The Hall–Kier alpha value is -1.64. The van der Waals surface area contributed by atoms with Crippen molar-refractivity contribution in [1.82, 2.24) is 5.32 Å². The zero-order valence-corrected chi connectivity index (χ0v) is 17.1. The molecular formula is C24H33NO. The average Bonchev–Trinajstić information content (AvgIpc) is 2.89. The largest absolute Gasteiger partial charge is 0.380 e. The monoisotopic (exact) mass is 351 g/mol. The highest BCUT2D eigenvalue weighted by molar-refractivity contribution is 5.82. The normalized spacial score (nSPS) is 14.8. The van der Waals surface area contributed by atoms with Gasteiger partial charge in [-0.05, 0) is 59.2 Å². The highest BCUT2D eigenvalue weighted by Crippen LogP contribution is 2.50. The Morgan fingerprint density at radius 2 is 1.38 bits per heavy atom. The fourth-order valence-electron chi connectivity index (χ4n) is 4.22. The third kappa shape index (κ3) is 3.10. The number of likely N-dealkylation sites (N-methyl/N-ethyl adjacent to an activating group) is 1. The van der Waals surface area contributed by atoms with Gasteiger partial charge in [-0.3, -0.25) is 0 Å². The van der Waals surface area contributed by atoms with E-state index >= 15 is 0 Å². The molecule has 26 heavy (non-hydrogen) atoms. The Balaban J connectivity index is 2.26. The summed E-state index contributed by atoms with van der Waals surface area (Å²) in [6, 6.07) is 14.1. The molecule has 0 aromatic heterocycles. The lowest BCUT2D eigenvalue weighted by Gasteiger charge is -2.32. The Kier molecular flexibility index (Phi) is 5.55. The van der Waals surface area contributed by atoms with Crippen LogP contribution in [0, 0.1) is 0 Å². The van der Waals surface area contributed by atoms with Gasteiger partial charge in [0.1, 0.15) is 0 Å². The van der Waals surface area contributed by atoms with Crippen LogP contribution < -0.4 is 5.32 Å². The van der Waals surface area contributed by atoms with Crippen LogP contribution in [0.5, 0.6) is 0 Å². The Morgan fingerprint density at radius 1 is 0.885 bits per heavy atom. The van der Waals surface area contributed by atoms with Gasteiger partial charge in [0.15, 0.2) is 0 Å². The highest BCUT2D eigenvalue weighted by atomic mass is 16.5. The predicted octanol–water partition coefficient (Wildman–Crippen LogP) is 5.46. The SMILES string of the molecule is CCOCC1(CNC)c2cc(C(C)C)ccc2-c2ccc(C(C)C)cc21. The van der Waals surface area contributed by atoms with E-state index in [1.807, 2.05) is 7.05 Å². The number of rotatable bonds is 7. The van der Waals surface area contributed by atoms with E-state index in [9.17, 15) is 0 Å². The van der Waals surface area contributed by atoms with Crippen LogP contribution in [0.25, 0.3) is 11.1 Å². The molecule has 1 N–H and O–H groups in total. The van der Waals surface area contributed by atoms with Crippen molar-refractivity contribution in [2.24, 2.45) is 0 Å². The van der Waals surface area contributed by atoms with Crippen LogP contribution in [0.4, 0.5) is 0 Å². The molecule has 0 saturated heterocycles. The molecule has 2 aromatic carbocycles. The lowest BCUT2D eigenvalue weighted by atomic mass is 9.77. The molecule has 0 fully saturated rings. The molecule has 1 aliphatic rings. The van der Waals surface area contributed by atoms with Crippen LogP contribution in [0.1, 0.15) is 68.7 Å². The molecule has 0 atom stereocenters. The third-order valence-corrected chi connectivity index (χ3v) is 5.77. The Morgan fingerprint density at radius 3 is 1.77 bits per heavy atom. The fraction of sp³-hybridized carbons (Fsp3) is 0.500. The fourth-order valence-corrected chi connectivity index (χ4v) is 4.22. The number of hydrogen-bond acceptors (Lipinski definition) is 2. The molecule has 0 radical (unpaired) electrons. The Labute approximate surface area is 159 Å². The number of benzene rings is 2. The van der Waals surface area contributed by atoms with Crippen molar-refractivity contribution in [3.05, 3.63) is 58.7 Å². The molecular weight excluding hydrogens is 318 g/mol. The minimum absolute atomic E-state index is 0.120. The van der Waals surface area contributed by atoms with Gasteiger partial charge in [-0.25, -0.2) is 0 Å². The van der Waals surface area contributed by atoms with Gasteiger partial charge in [0.05, 0.1) is 12.0 Å². The zero-order valence-electron chi connectivity index (χ0n) is 17.1. The molecule has 0 heterocycles. The standard InChI is InChI=1S/C24H33NO/c1-7-26-15-24(14-25-6)22-12-18(16(2)3)8-10-20(22)21-11-9-19(17(4)5)13-23(21)24/h8-13,16-17,25H,7,14-15H2,1-6H3. The summed E-state index contributed by atoms with van der Waals surface area (Å²) in [5, 5.41) is 3.46. The minimum atomic E-state index is -0.120. The van der Waals surface area contributed by atoms with Crippen LogP contribution in [0.15, 0.2) is 36.4 Å². The van der Waals surface area contributed by atoms with E-state index in [2.05, 4.69) is 76.3 Å². The maximum Gasteiger partial charge on any atom is 0.0616 e. The zero-order chi connectivity index (χ0) is 18.9. The highest BCUT2D eigenvalue weighted by Gasteiger charge is 2.43. The molecule has 1 aliphatic carbocycles. The summed E-state index contributed by atoms with van der Waals surface area (Å²) in [5.74, 6) is 1.05. The van der Waals surface area contributed by atoms with Crippen LogP contribution in [0.3, 0.4) is 0 Å². The van der Waals surface area contributed by atoms with E-state index in [1.54, 1.807) is 0 Å². The van der Waals surface area contributed by atoms with Crippen LogP contribution in [0.2, 0.25) is 0 Å². The van der Waals surface area contributed by atoms with Gasteiger partial charge in [0.25, 0.3) is 0 Å². The summed E-state index contributed by atoms with van der Waals surface area (Å²) in [6.07, 6.45) is 0. The molecule has 0 amide bonds. The first-order valence-corrected chi connectivity index (χ1v) is 9.96. The quantitative estimate of drug-likeness (QED) is 0.715. The van der Waals surface area contributed by atoms with Crippen molar-refractivity contribution in [2.75, 3.05) is 26.8 Å². The summed E-state index contributed by atoms with van der Waals surface area (Å²) >= 11 is 0. The molecule has 0 bridgehead atoms. The number of ether oxygens (including phenoxy) is 1. The Bertz CT molecular complexity index is 718. The van der Waals surface area contributed by atoms with Crippen LogP contribution in [-0.4, -0.2) is 26.8 Å². The van der Waals surface area contributed by atoms with Crippen molar-refractivity contribution >= 4 is 0 Å². The van der Waals surface area contributed by atoms with Gasteiger partial charge in [-0.15, -0.1) is 0 Å². The summed E-state index contributed by atoms with van der Waals surface area (Å²) < 4.78 is 6.05. The lowest BCUT2D eigenvalue weighted by Crippen LogP contribution is -2.40. The first kappa shape index (κ1) is 19.1. The summed E-state index contributed by atoms with van der Waals surface area (Å²) in [4.78, 5) is 0. The van der Waals surface area contributed by atoms with E-state index in [1.165, 1.54) is 33.4 Å². The summed E-state index contributed by atoms with van der Waals surface area (Å²) in [7, 11) is 2.05. The van der Waals surface area contributed by atoms with Crippen LogP contribution >= 0.6 is 0 Å². The summed E-state index contributed by atoms with van der Waals surface area (Å²) in [6.45, 7) is 13.5. The molecule has 3 rings (SSSR count). The van der Waals surface area contributed by atoms with Gasteiger partial charge in [-0.2, -0.15) is 0 Å². The lowest BCUT2D eigenvalue weighted by molar-refractivity contribution is 0.108. The topological polar surface area (TPSA) is 21.3 Å². The molecule has 2 nitrogen and oxygen atoms in total. The van der Waals surface area contributed by atoms with Gasteiger partial charge < -0.3 is 10.1 Å². The smallest absolute Gasteiger partial charge is 0.0616 e. The van der Waals surface area contributed by atoms with Gasteiger partial charge >= 0.3 is 0 Å². The maximum absolute atomic E-state index is 6.05. The molecule has 140 valence electrons. The van der Waals surface area contributed by atoms with Crippen molar-refractivity contribution in [3.63, 3.8) is 0 Å². The molecule has 2 heteroatoms. The number of hydrogen-bond donors (Lipinski definition) is 1. The molecule has 2 aromatic rings. The van der Waals surface area contributed by atoms with E-state index in [0.29, 0.717) is 18.4 Å². The first-order chi connectivity index (χ1) is 12.4. The van der Waals surface area contributed by atoms with Gasteiger partial charge in [0, 0.05) is 13.2 Å². The number of fused-ring (bicyclic) bond motifs is 3. The van der Waals surface area contributed by atoms with E-state index in [4.69, 9.17) is 4.74 Å². The predicted molar refractivity (Wildman–Crippen MR) is 111 cm³/mol. The molecule has 0 aliphatic heterocycles. The molecule has 0 unspecified atom stereocenters. The van der Waals surface area contributed by atoms with Crippen molar-refractivity contribution in [2.45, 2.75) is 51.9 Å². The van der Waals surface area contributed by atoms with Gasteiger partial charge in [0.2, 0.25) is 0 Å².